The van der Waals surface area contributed by atoms with Gasteiger partial charge in [0.1, 0.15) is 12.1 Å². The third-order valence-electron chi connectivity index (χ3n) is 3.51. The first-order valence-electron chi connectivity index (χ1n) is 6.67. The van der Waals surface area contributed by atoms with Gasteiger partial charge in [-0.25, -0.2) is 18.4 Å². The van der Waals surface area contributed by atoms with E-state index in [0.717, 1.165) is 10.9 Å². The molecular formula is C14H18ClN3O2S. The summed E-state index contributed by atoms with van der Waals surface area (Å²) in [6, 6.07) is 5.22. The Morgan fingerprint density at radius 3 is 2.71 bits per heavy atom. The minimum Gasteiger partial charge on any atom is -0.355 e. The topological polar surface area (TPSA) is 63.2 Å². The smallest absolute Gasteiger partial charge is 0.152 e. The fraction of sp³-hybridized carbons (Fsp3) is 0.429. The molecule has 0 saturated heterocycles. The minimum atomic E-state index is -3.04. The van der Waals surface area contributed by atoms with Gasteiger partial charge in [-0.2, -0.15) is 0 Å². The standard InChI is InChI=1S/C14H18ClN3O2S/c1-4-21(19,20)8-10(2)18(3)14-12-6-5-11(15)7-13(12)16-9-17-14/h5-7,9-10H,4,8H2,1-3H3/t10-/m1/s1. The van der Waals surface area contributed by atoms with E-state index in [1.165, 1.54) is 6.33 Å². The van der Waals surface area contributed by atoms with Crippen LogP contribution in [0.2, 0.25) is 5.02 Å². The summed E-state index contributed by atoms with van der Waals surface area (Å²) in [6.45, 7) is 3.53. The van der Waals surface area contributed by atoms with E-state index in [1.807, 2.05) is 24.9 Å². The van der Waals surface area contributed by atoms with Crippen LogP contribution in [0, 0.1) is 0 Å². The summed E-state index contributed by atoms with van der Waals surface area (Å²) in [5, 5.41) is 1.46. The predicted molar refractivity (Wildman–Crippen MR) is 86.7 cm³/mol. The lowest BCUT2D eigenvalue weighted by Gasteiger charge is -2.26. The van der Waals surface area contributed by atoms with E-state index in [1.54, 1.807) is 19.1 Å². The van der Waals surface area contributed by atoms with Crippen molar-refractivity contribution in [3.8, 4) is 0 Å². The van der Waals surface area contributed by atoms with Crippen LogP contribution in [0.25, 0.3) is 10.9 Å². The molecule has 114 valence electrons. The Morgan fingerprint density at radius 2 is 2.05 bits per heavy atom. The first-order valence-corrected chi connectivity index (χ1v) is 8.87. The zero-order valence-electron chi connectivity index (χ0n) is 12.2. The van der Waals surface area contributed by atoms with Gasteiger partial charge >= 0.3 is 0 Å². The summed E-state index contributed by atoms with van der Waals surface area (Å²) in [6.07, 6.45) is 1.46. The molecule has 0 fully saturated rings. The van der Waals surface area contributed by atoms with Gasteiger partial charge in [-0.15, -0.1) is 0 Å². The molecule has 21 heavy (non-hydrogen) atoms. The second-order valence-corrected chi connectivity index (χ2v) is 7.85. The molecule has 0 saturated carbocycles. The molecule has 1 atom stereocenters. The van der Waals surface area contributed by atoms with Gasteiger partial charge in [-0.3, -0.25) is 0 Å². The normalized spacial score (nSPS) is 13.3. The highest BCUT2D eigenvalue weighted by atomic mass is 35.5. The zero-order valence-corrected chi connectivity index (χ0v) is 13.8. The number of sulfone groups is 1. The molecule has 0 radical (unpaired) electrons. The van der Waals surface area contributed by atoms with Crippen molar-refractivity contribution in [2.45, 2.75) is 19.9 Å². The lowest BCUT2D eigenvalue weighted by Crippen LogP contribution is -2.36. The van der Waals surface area contributed by atoms with Crippen LogP contribution in [0.4, 0.5) is 5.82 Å². The van der Waals surface area contributed by atoms with E-state index in [9.17, 15) is 8.42 Å². The Balaban J connectivity index is 2.37. The molecule has 1 heterocycles. The van der Waals surface area contributed by atoms with Crippen LogP contribution >= 0.6 is 11.6 Å². The number of hydrogen-bond donors (Lipinski definition) is 0. The molecule has 0 bridgehead atoms. The number of fused-ring (bicyclic) bond motifs is 1. The summed E-state index contributed by atoms with van der Waals surface area (Å²) >= 11 is 5.97. The maximum atomic E-state index is 11.8. The van der Waals surface area contributed by atoms with Crippen LogP contribution in [0.15, 0.2) is 24.5 Å². The number of anilines is 1. The highest BCUT2D eigenvalue weighted by Gasteiger charge is 2.20. The quantitative estimate of drug-likeness (QED) is 0.844. The molecule has 0 amide bonds. The molecule has 0 aliphatic rings. The van der Waals surface area contributed by atoms with Crippen LogP contribution in [-0.4, -0.2) is 43.0 Å². The van der Waals surface area contributed by atoms with Crippen molar-refractivity contribution >= 4 is 38.2 Å². The van der Waals surface area contributed by atoms with E-state index in [4.69, 9.17) is 11.6 Å². The molecular weight excluding hydrogens is 310 g/mol. The monoisotopic (exact) mass is 327 g/mol. The van der Waals surface area contributed by atoms with Crippen molar-refractivity contribution in [3.05, 3.63) is 29.5 Å². The van der Waals surface area contributed by atoms with Crippen LogP contribution in [-0.2, 0) is 9.84 Å². The Kier molecular flexibility index (Phi) is 4.68. The number of benzene rings is 1. The van der Waals surface area contributed by atoms with E-state index in [0.29, 0.717) is 10.8 Å². The van der Waals surface area contributed by atoms with Gasteiger partial charge in [0.15, 0.2) is 9.84 Å². The Labute approximate surface area is 129 Å². The van der Waals surface area contributed by atoms with Gasteiger partial charge in [0.05, 0.1) is 11.3 Å². The van der Waals surface area contributed by atoms with Crippen LogP contribution in [0.5, 0.6) is 0 Å². The van der Waals surface area contributed by atoms with Crippen molar-refractivity contribution in [2.24, 2.45) is 0 Å². The lowest BCUT2D eigenvalue weighted by molar-refractivity contribution is 0.588. The zero-order chi connectivity index (χ0) is 15.6. The van der Waals surface area contributed by atoms with Crippen molar-refractivity contribution in [1.82, 2.24) is 9.97 Å². The van der Waals surface area contributed by atoms with Gasteiger partial charge in [-0.05, 0) is 25.1 Å². The molecule has 1 aromatic heterocycles. The molecule has 7 heteroatoms. The number of aromatic nitrogens is 2. The molecule has 0 unspecified atom stereocenters. The molecule has 0 N–H and O–H groups in total. The van der Waals surface area contributed by atoms with Crippen LogP contribution < -0.4 is 4.90 Å². The third-order valence-corrected chi connectivity index (χ3v) is 5.61. The van der Waals surface area contributed by atoms with Crippen LogP contribution in [0.1, 0.15) is 13.8 Å². The fourth-order valence-corrected chi connectivity index (χ4v) is 3.46. The molecule has 0 aliphatic heterocycles. The number of hydrogen-bond acceptors (Lipinski definition) is 5. The molecule has 2 aromatic rings. The average molecular weight is 328 g/mol. The van der Waals surface area contributed by atoms with E-state index in [-0.39, 0.29) is 17.5 Å². The summed E-state index contributed by atoms with van der Waals surface area (Å²) < 4.78 is 23.6. The van der Waals surface area contributed by atoms with Gasteiger partial charge < -0.3 is 4.90 Å². The first kappa shape index (κ1) is 16.0. The van der Waals surface area contributed by atoms with Gasteiger partial charge in [0, 0.05) is 29.3 Å². The highest BCUT2D eigenvalue weighted by molar-refractivity contribution is 7.91. The first-order chi connectivity index (χ1) is 9.84. The maximum absolute atomic E-state index is 11.8. The lowest BCUT2D eigenvalue weighted by atomic mass is 10.2. The van der Waals surface area contributed by atoms with Crippen molar-refractivity contribution in [3.63, 3.8) is 0 Å². The van der Waals surface area contributed by atoms with Gasteiger partial charge in [-0.1, -0.05) is 18.5 Å². The minimum absolute atomic E-state index is 0.0963. The summed E-state index contributed by atoms with van der Waals surface area (Å²) in [4.78, 5) is 10.4. The van der Waals surface area contributed by atoms with E-state index in [2.05, 4.69) is 9.97 Å². The fourth-order valence-electron chi connectivity index (χ4n) is 2.10. The van der Waals surface area contributed by atoms with Gasteiger partial charge in [0.25, 0.3) is 0 Å². The maximum Gasteiger partial charge on any atom is 0.152 e. The van der Waals surface area contributed by atoms with Crippen molar-refractivity contribution in [2.75, 3.05) is 23.5 Å². The van der Waals surface area contributed by atoms with Crippen molar-refractivity contribution < 1.29 is 8.42 Å². The SMILES string of the molecule is CCS(=O)(=O)C[C@@H](C)N(C)c1ncnc2cc(Cl)ccc12. The second kappa shape index (κ2) is 6.15. The third kappa shape index (κ3) is 3.63. The Hall–Kier alpha value is -1.40. The Morgan fingerprint density at radius 1 is 1.33 bits per heavy atom. The van der Waals surface area contributed by atoms with E-state index < -0.39 is 9.84 Å². The number of nitrogens with zero attached hydrogens (tertiary/aromatic N) is 3. The summed E-state index contributed by atoms with van der Waals surface area (Å²) in [5.74, 6) is 0.945. The number of halogens is 1. The molecule has 2 rings (SSSR count). The van der Waals surface area contributed by atoms with Gasteiger partial charge in [0.2, 0.25) is 0 Å². The Bertz CT molecular complexity index is 749. The largest absolute Gasteiger partial charge is 0.355 e. The van der Waals surface area contributed by atoms with E-state index >= 15 is 0 Å². The molecule has 1 aromatic carbocycles. The summed E-state index contributed by atoms with van der Waals surface area (Å²) in [7, 11) is -1.20. The van der Waals surface area contributed by atoms with Crippen LogP contribution in [0.3, 0.4) is 0 Å². The highest BCUT2D eigenvalue weighted by Crippen LogP contribution is 2.25. The second-order valence-electron chi connectivity index (χ2n) is 5.02. The molecule has 0 aliphatic carbocycles. The predicted octanol–water partition coefficient (Wildman–Crippen LogP) is 2.54. The number of rotatable bonds is 5. The van der Waals surface area contributed by atoms with Crippen molar-refractivity contribution in [1.29, 1.82) is 0 Å². The molecule has 0 spiro atoms. The molecule has 5 nitrogen and oxygen atoms in total. The average Bonchev–Trinajstić information content (AvgIpc) is 2.45. The summed E-state index contributed by atoms with van der Waals surface area (Å²) in [5.41, 5.74) is 0.741.